The Morgan fingerprint density at radius 1 is 1.15 bits per heavy atom. The van der Waals surface area contributed by atoms with E-state index in [9.17, 15) is 19.5 Å². The number of carboxylic acid groups (broad SMARTS) is 1. The number of aliphatic carboxylic acids is 1. The van der Waals surface area contributed by atoms with E-state index in [-0.39, 0.29) is 18.2 Å². The number of amides is 2. The average Bonchev–Trinajstić information content (AvgIpc) is 2.70. The Morgan fingerprint density at radius 2 is 1.93 bits per heavy atom. The number of aryl methyl sites for hydroxylation is 1. The largest absolute Gasteiger partial charge is 0.479 e. The molecule has 1 aliphatic rings. The molecule has 0 saturated carbocycles. The van der Waals surface area contributed by atoms with Gasteiger partial charge >= 0.3 is 5.97 Å². The predicted molar refractivity (Wildman–Crippen MR) is 100 cm³/mol. The van der Waals surface area contributed by atoms with E-state index in [1.54, 1.807) is 37.4 Å². The van der Waals surface area contributed by atoms with Crippen LogP contribution in [0.25, 0.3) is 0 Å². The Kier molecular flexibility index (Phi) is 5.54. The van der Waals surface area contributed by atoms with Gasteiger partial charge in [-0.15, -0.1) is 0 Å². The first-order chi connectivity index (χ1) is 13.0. The van der Waals surface area contributed by atoms with Gasteiger partial charge in [-0.1, -0.05) is 36.4 Å². The van der Waals surface area contributed by atoms with Crippen molar-refractivity contribution >= 4 is 17.8 Å². The normalized spacial score (nSPS) is 15.7. The van der Waals surface area contributed by atoms with E-state index in [4.69, 9.17) is 0 Å². The average molecular weight is 366 g/mol. The quantitative estimate of drug-likeness (QED) is 0.849. The maximum absolute atomic E-state index is 12.8. The summed E-state index contributed by atoms with van der Waals surface area (Å²) in [5.74, 6) is -1.39. The van der Waals surface area contributed by atoms with Gasteiger partial charge in [-0.25, -0.2) is 4.79 Å². The van der Waals surface area contributed by atoms with Crippen molar-refractivity contribution in [2.75, 3.05) is 13.6 Å². The van der Waals surface area contributed by atoms with Crippen molar-refractivity contribution < 1.29 is 19.5 Å². The van der Waals surface area contributed by atoms with Crippen molar-refractivity contribution in [3.8, 4) is 0 Å². The van der Waals surface area contributed by atoms with Crippen LogP contribution in [0.2, 0.25) is 0 Å². The standard InChI is InChI=1S/C21H22N2O4/c1-22-20(25)16-7-4-5-14(13-16)9-10-18(24)23-12-11-15-6-2-3-8-17(15)19(23)21(26)27/h2-8,13,19H,9-12H2,1H3,(H,22,25)(H,26,27). The van der Waals surface area contributed by atoms with Gasteiger partial charge < -0.3 is 15.3 Å². The van der Waals surface area contributed by atoms with E-state index in [2.05, 4.69) is 5.32 Å². The molecule has 1 unspecified atom stereocenters. The fraction of sp³-hybridized carbons (Fsp3) is 0.286. The minimum Gasteiger partial charge on any atom is -0.479 e. The first-order valence-electron chi connectivity index (χ1n) is 8.92. The van der Waals surface area contributed by atoms with Gasteiger partial charge in [-0.05, 0) is 41.7 Å². The summed E-state index contributed by atoms with van der Waals surface area (Å²) in [4.78, 5) is 37.8. The molecule has 0 fully saturated rings. The van der Waals surface area contributed by atoms with Crippen LogP contribution in [0, 0.1) is 0 Å². The molecule has 0 radical (unpaired) electrons. The smallest absolute Gasteiger partial charge is 0.331 e. The van der Waals surface area contributed by atoms with Crippen LogP contribution < -0.4 is 5.32 Å². The Balaban J connectivity index is 1.73. The van der Waals surface area contributed by atoms with Crippen LogP contribution in [0.1, 0.15) is 39.5 Å². The van der Waals surface area contributed by atoms with E-state index < -0.39 is 12.0 Å². The number of carbonyl (C=O) groups excluding carboxylic acids is 2. The van der Waals surface area contributed by atoms with E-state index in [0.717, 1.165) is 11.1 Å². The molecule has 0 aromatic heterocycles. The molecule has 2 N–H and O–H groups in total. The van der Waals surface area contributed by atoms with Gasteiger partial charge in [0.2, 0.25) is 5.91 Å². The molecule has 1 heterocycles. The molecule has 0 aliphatic carbocycles. The third-order valence-electron chi connectivity index (χ3n) is 4.88. The minimum absolute atomic E-state index is 0.179. The number of hydrogen-bond acceptors (Lipinski definition) is 3. The third-order valence-corrected chi connectivity index (χ3v) is 4.88. The number of benzene rings is 2. The van der Waals surface area contributed by atoms with Gasteiger partial charge in [0.15, 0.2) is 6.04 Å². The van der Waals surface area contributed by atoms with Crippen molar-refractivity contribution in [2.45, 2.75) is 25.3 Å². The molecular weight excluding hydrogens is 344 g/mol. The maximum Gasteiger partial charge on any atom is 0.331 e. The van der Waals surface area contributed by atoms with Gasteiger partial charge in [-0.3, -0.25) is 9.59 Å². The highest BCUT2D eigenvalue weighted by Crippen LogP contribution is 2.30. The summed E-state index contributed by atoms with van der Waals surface area (Å²) in [6.07, 6.45) is 1.30. The van der Waals surface area contributed by atoms with Crippen LogP contribution >= 0.6 is 0 Å². The lowest BCUT2D eigenvalue weighted by Gasteiger charge is -2.34. The van der Waals surface area contributed by atoms with Gasteiger partial charge in [0.25, 0.3) is 5.91 Å². The molecule has 140 valence electrons. The number of nitrogens with zero attached hydrogens (tertiary/aromatic N) is 1. The molecule has 2 aromatic rings. The Labute approximate surface area is 157 Å². The second-order valence-corrected chi connectivity index (χ2v) is 6.56. The van der Waals surface area contributed by atoms with Crippen molar-refractivity contribution in [3.05, 3.63) is 70.8 Å². The lowest BCUT2D eigenvalue weighted by molar-refractivity contribution is -0.151. The molecule has 0 bridgehead atoms. The number of hydrogen-bond donors (Lipinski definition) is 2. The van der Waals surface area contributed by atoms with Crippen LogP contribution in [0.3, 0.4) is 0 Å². The zero-order valence-electron chi connectivity index (χ0n) is 15.1. The van der Waals surface area contributed by atoms with E-state index >= 15 is 0 Å². The summed E-state index contributed by atoms with van der Waals surface area (Å²) >= 11 is 0. The van der Waals surface area contributed by atoms with Crippen molar-refractivity contribution in [2.24, 2.45) is 0 Å². The maximum atomic E-state index is 12.8. The summed E-state index contributed by atoms with van der Waals surface area (Å²) in [6.45, 7) is 0.394. The van der Waals surface area contributed by atoms with E-state index in [1.165, 1.54) is 4.90 Å². The summed E-state index contributed by atoms with van der Waals surface area (Å²) in [5, 5.41) is 12.2. The number of carboxylic acids is 1. The number of carbonyl (C=O) groups is 3. The predicted octanol–water partition coefficient (Wildman–Crippen LogP) is 2.19. The fourth-order valence-electron chi connectivity index (χ4n) is 3.51. The van der Waals surface area contributed by atoms with Crippen molar-refractivity contribution in [1.29, 1.82) is 0 Å². The molecule has 3 rings (SSSR count). The summed E-state index contributed by atoms with van der Waals surface area (Å²) in [5.41, 5.74) is 3.07. The van der Waals surface area contributed by atoms with Gasteiger partial charge in [0.1, 0.15) is 0 Å². The van der Waals surface area contributed by atoms with Crippen LogP contribution in [-0.2, 0) is 22.4 Å². The molecule has 6 heteroatoms. The van der Waals surface area contributed by atoms with Crippen LogP contribution in [0.15, 0.2) is 48.5 Å². The monoisotopic (exact) mass is 366 g/mol. The first kappa shape index (κ1) is 18.6. The van der Waals surface area contributed by atoms with Gasteiger partial charge in [-0.2, -0.15) is 0 Å². The number of nitrogens with one attached hydrogen (secondary N) is 1. The molecular formula is C21H22N2O4. The van der Waals surface area contributed by atoms with Crippen molar-refractivity contribution in [1.82, 2.24) is 10.2 Å². The summed E-state index contributed by atoms with van der Waals surface area (Å²) in [7, 11) is 1.57. The van der Waals surface area contributed by atoms with Crippen LogP contribution in [0.5, 0.6) is 0 Å². The fourth-order valence-corrected chi connectivity index (χ4v) is 3.51. The van der Waals surface area contributed by atoms with Crippen molar-refractivity contribution in [3.63, 3.8) is 0 Å². The minimum atomic E-state index is -1.02. The number of fused-ring (bicyclic) bond motifs is 1. The second kappa shape index (κ2) is 8.03. The molecule has 1 aliphatic heterocycles. The van der Waals surface area contributed by atoms with Gasteiger partial charge in [0, 0.05) is 25.6 Å². The molecule has 0 saturated heterocycles. The summed E-state index contributed by atoms with van der Waals surface area (Å²) in [6, 6.07) is 13.5. The molecule has 0 spiro atoms. The molecule has 27 heavy (non-hydrogen) atoms. The highest BCUT2D eigenvalue weighted by Gasteiger charge is 2.35. The third kappa shape index (κ3) is 4.00. The van der Waals surface area contributed by atoms with Crippen LogP contribution in [0.4, 0.5) is 0 Å². The molecule has 6 nitrogen and oxygen atoms in total. The second-order valence-electron chi connectivity index (χ2n) is 6.56. The number of rotatable bonds is 5. The highest BCUT2D eigenvalue weighted by atomic mass is 16.4. The molecule has 1 atom stereocenters. The van der Waals surface area contributed by atoms with E-state index in [1.807, 2.05) is 18.2 Å². The lowest BCUT2D eigenvalue weighted by atomic mass is 9.92. The first-order valence-corrected chi connectivity index (χ1v) is 8.92. The Bertz CT molecular complexity index is 878. The molecule has 2 aromatic carbocycles. The zero-order chi connectivity index (χ0) is 19.4. The van der Waals surface area contributed by atoms with Gasteiger partial charge in [0.05, 0.1) is 0 Å². The SMILES string of the molecule is CNC(=O)c1cccc(CCC(=O)N2CCc3ccccc3C2C(=O)O)c1. The zero-order valence-corrected chi connectivity index (χ0v) is 15.1. The Morgan fingerprint density at radius 3 is 2.67 bits per heavy atom. The lowest BCUT2D eigenvalue weighted by Crippen LogP contribution is -2.43. The Hall–Kier alpha value is -3.15. The van der Waals surface area contributed by atoms with Crippen LogP contribution in [-0.4, -0.2) is 41.4 Å². The van der Waals surface area contributed by atoms with E-state index in [0.29, 0.717) is 30.5 Å². The topological polar surface area (TPSA) is 86.7 Å². The highest BCUT2D eigenvalue weighted by molar-refractivity contribution is 5.94. The molecule has 2 amide bonds. The summed E-state index contributed by atoms with van der Waals surface area (Å²) < 4.78 is 0.